The van der Waals surface area contributed by atoms with Gasteiger partial charge in [-0.2, -0.15) is 0 Å². The maximum Gasteiger partial charge on any atom is 0.332 e. The average molecular weight is 354 g/mol. The lowest BCUT2D eigenvalue weighted by molar-refractivity contribution is -0.141. The van der Waals surface area contributed by atoms with Crippen LogP contribution in [0.25, 0.3) is 0 Å². The van der Waals surface area contributed by atoms with E-state index in [1.165, 1.54) is 11.8 Å². The maximum atomic E-state index is 11.2. The number of hydrogen-bond donors (Lipinski definition) is 3. The highest BCUT2D eigenvalue weighted by molar-refractivity contribution is 8.14. The zero-order valence-electron chi connectivity index (χ0n) is 13.7. The molecule has 2 rings (SSSR count). The van der Waals surface area contributed by atoms with Gasteiger partial charge in [0.15, 0.2) is 5.54 Å². The van der Waals surface area contributed by atoms with E-state index in [0.717, 1.165) is 5.69 Å². The van der Waals surface area contributed by atoms with E-state index in [0.29, 0.717) is 42.7 Å². The van der Waals surface area contributed by atoms with E-state index in [4.69, 9.17) is 9.47 Å². The fourth-order valence-electron chi connectivity index (χ4n) is 2.08. The van der Waals surface area contributed by atoms with E-state index in [-0.39, 0.29) is 5.75 Å². The molecular formula is C16H22N2O5S. The Hall–Kier alpha value is -1.77. The molecule has 24 heavy (non-hydrogen) atoms. The van der Waals surface area contributed by atoms with E-state index < -0.39 is 11.5 Å². The maximum absolute atomic E-state index is 11.2. The highest BCUT2D eigenvalue weighted by Gasteiger charge is 2.38. The van der Waals surface area contributed by atoms with Gasteiger partial charge in [-0.25, -0.2) is 4.79 Å². The van der Waals surface area contributed by atoms with Gasteiger partial charge in [0.25, 0.3) is 0 Å². The number of phenolic OH excluding ortho intramolecular Hbond substituents is 1. The van der Waals surface area contributed by atoms with Gasteiger partial charge in [-0.3, -0.25) is 4.99 Å². The lowest BCUT2D eigenvalue weighted by Gasteiger charge is -2.12. The first-order chi connectivity index (χ1) is 11.5. The summed E-state index contributed by atoms with van der Waals surface area (Å²) in [6.07, 6.45) is 0. The number of methoxy groups -OCH3 is 1. The number of rotatable bonds is 9. The SMILES string of the molecule is COCCOCCNc1ccc(C2=N[C@@](C)(C(=O)O)CS2)c(O)c1. The van der Waals surface area contributed by atoms with Gasteiger partial charge in [0.1, 0.15) is 10.8 Å². The van der Waals surface area contributed by atoms with E-state index >= 15 is 0 Å². The number of thioether (sulfide) groups is 1. The number of carboxylic acid groups (broad SMARTS) is 1. The molecule has 0 radical (unpaired) electrons. The molecule has 1 aromatic carbocycles. The van der Waals surface area contributed by atoms with E-state index in [9.17, 15) is 15.0 Å². The highest BCUT2D eigenvalue weighted by atomic mass is 32.2. The topological polar surface area (TPSA) is 100 Å². The Morgan fingerprint density at radius 1 is 1.42 bits per heavy atom. The molecule has 1 atom stereocenters. The van der Waals surface area contributed by atoms with Gasteiger partial charge in [0.05, 0.1) is 19.8 Å². The molecule has 0 aliphatic carbocycles. The Balaban J connectivity index is 1.94. The van der Waals surface area contributed by atoms with Crippen molar-refractivity contribution >= 4 is 28.5 Å². The van der Waals surface area contributed by atoms with Crippen LogP contribution in [-0.2, 0) is 14.3 Å². The van der Waals surface area contributed by atoms with Crippen molar-refractivity contribution in [2.24, 2.45) is 4.99 Å². The van der Waals surface area contributed by atoms with E-state index in [2.05, 4.69) is 10.3 Å². The molecular weight excluding hydrogens is 332 g/mol. The Morgan fingerprint density at radius 3 is 2.83 bits per heavy atom. The largest absolute Gasteiger partial charge is 0.507 e. The molecule has 132 valence electrons. The molecule has 1 aliphatic rings. The smallest absolute Gasteiger partial charge is 0.332 e. The fourth-order valence-corrected chi connectivity index (χ4v) is 3.28. The third kappa shape index (κ3) is 4.62. The summed E-state index contributed by atoms with van der Waals surface area (Å²) in [5.74, 6) is -0.534. The van der Waals surface area contributed by atoms with Crippen molar-refractivity contribution in [3.05, 3.63) is 23.8 Å². The summed E-state index contributed by atoms with van der Waals surface area (Å²) in [7, 11) is 1.62. The summed E-state index contributed by atoms with van der Waals surface area (Å²) in [4.78, 5) is 15.5. The normalized spacial score (nSPS) is 20.0. The molecule has 1 aliphatic heterocycles. The van der Waals surface area contributed by atoms with Crippen LogP contribution >= 0.6 is 11.8 Å². The summed E-state index contributed by atoms with van der Waals surface area (Å²) < 4.78 is 10.2. The molecule has 0 saturated heterocycles. The lowest BCUT2D eigenvalue weighted by atomic mass is 10.1. The fraction of sp³-hybridized carbons (Fsp3) is 0.500. The lowest BCUT2D eigenvalue weighted by Crippen LogP contribution is -2.33. The Labute approximate surface area is 145 Å². The number of carboxylic acids is 1. The first-order valence-electron chi connectivity index (χ1n) is 7.56. The number of nitrogens with one attached hydrogen (secondary N) is 1. The summed E-state index contributed by atoms with van der Waals surface area (Å²) in [6, 6.07) is 5.16. The monoisotopic (exact) mass is 354 g/mol. The first-order valence-corrected chi connectivity index (χ1v) is 8.55. The van der Waals surface area contributed by atoms with Crippen molar-refractivity contribution < 1.29 is 24.5 Å². The molecule has 1 aromatic rings. The molecule has 0 saturated carbocycles. The number of ether oxygens (including phenoxy) is 2. The summed E-state index contributed by atoms with van der Waals surface area (Å²) in [6.45, 7) is 3.82. The third-order valence-corrected chi connectivity index (χ3v) is 4.83. The predicted molar refractivity (Wildman–Crippen MR) is 94.3 cm³/mol. The zero-order valence-corrected chi connectivity index (χ0v) is 14.6. The molecule has 0 spiro atoms. The first kappa shape index (κ1) is 18.6. The van der Waals surface area contributed by atoms with Crippen molar-refractivity contribution in [1.82, 2.24) is 0 Å². The van der Waals surface area contributed by atoms with Crippen LogP contribution in [0.1, 0.15) is 12.5 Å². The van der Waals surface area contributed by atoms with Gasteiger partial charge in [0.2, 0.25) is 0 Å². The Kier molecular flexibility index (Phi) is 6.47. The van der Waals surface area contributed by atoms with E-state index in [1.54, 1.807) is 26.2 Å². The standard InChI is InChI=1S/C16H22N2O5S/c1-16(15(20)21)10-24-14(18-16)12-4-3-11(9-13(12)19)17-5-6-23-8-7-22-2/h3-4,9,17,19H,5-8,10H2,1-2H3,(H,20,21)/t16-/m1/s1. The van der Waals surface area contributed by atoms with Crippen LogP contribution in [0.5, 0.6) is 5.75 Å². The summed E-state index contributed by atoms with van der Waals surface area (Å²) in [5, 5.41) is 23.1. The molecule has 0 fully saturated rings. The molecule has 8 heteroatoms. The van der Waals surface area contributed by atoms with Crippen molar-refractivity contribution in [3.8, 4) is 5.75 Å². The number of anilines is 1. The Morgan fingerprint density at radius 2 is 2.21 bits per heavy atom. The minimum absolute atomic E-state index is 0.0705. The van der Waals surface area contributed by atoms with Crippen LogP contribution in [0.2, 0.25) is 0 Å². The number of aromatic hydroxyl groups is 1. The van der Waals surface area contributed by atoms with Crippen LogP contribution in [0.4, 0.5) is 5.69 Å². The Bertz CT molecular complexity index is 622. The number of benzene rings is 1. The number of phenols is 1. The molecule has 1 heterocycles. The third-order valence-electron chi connectivity index (χ3n) is 3.53. The number of hydrogen-bond acceptors (Lipinski definition) is 7. The zero-order chi connectivity index (χ0) is 17.6. The molecule has 0 aromatic heterocycles. The van der Waals surface area contributed by atoms with Crippen molar-refractivity contribution in [2.45, 2.75) is 12.5 Å². The van der Waals surface area contributed by atoms with Gasteiger partial charge < -0.3 is 25.0 Å². The van der Waals surface area contributed by atoms with Crippen molar-refractivity contribution in [3.63, 3.8) is 0 Å². The van der Waals surface area contributed by atoms with Crippen molar-refractivity contribution in [2.75, 3.05) is 44.5 Å². The van der Waals surface area contributed by atoms with Gasteiger partial charge in [-0.15, -0.1) is 11.8 Å². The highest BCUT2D eigenvalue weighted by Crippen LogP contribution is 2.35. The molecule has 3 N–H and O–H groups in total. The summed E-state index contributed by atoms with van der Waals surface area (Å²) in [5.41, 5.74) is 0.172. The van der Waals surface area contributed by atoms with Crippen LogP contribution in [-0.4, -0.2) is 66.0 Å². The van der Waals surface area contributed by atoms with Gasteiger partial charge in [-0.1, -0.05) is 0 Å². The predicted octanol–water partition coefficient (Wildman–Crippen LogP) is 1.80. The molecule has 0 amide bonds. The van der Waals surface area contributed by atoms with Crippen molar-refractivity contribution in [1.29, 1.82) is 0 Å². The number of aliphatic carboxylic acids is 1. The minimum Gasteiger partial charge on any atom is -0.507 e. The second-order valence-corrected chi connectivity index (χ2v) is 6.51. The van der Waals surface area contributed by atoms with Gasteiger partial charge >= 0.3 is 5.97 Å². The quantitative estimate of drug-likeness (QED) is 0.581. The van der Waals surface area contributed by atoms with E-state index in [1.807, 2.05) is 6.07 Å². The van der Waals surface area contributed by atoms with Crippen LogP contribution in [0, 0.1) is 0 Å². The molecule has 7 nitrogen and oxygen atoms in total. The molecule has 0 bridgehead atoms. The van der Waals surface area contributed by atoms with Crippen LogP contribution in [0.15, 0.2) is 23.2 Å². The number of aliphatic imine (C=N–C) groups is 1. The van der Waals surface area contributed by atoms with Crippen LogP contribution < -0.4 is 5.32 Å². The van der Waals surface area contributed by atoms with Gasteiger partial charge in [0, 0.05) is 36.7 Å². The molecule has 0 unspecified atom stereocenters. The number of nitrogens with zero attached hydrogens (tertiary/aromatic N) is 1. The van der Waals surface area contributed by atoms with Crippen LogP contribution in [0.3, 0.4) is 0 Å². The van der Waals surface area contributed by atoms with Gasteiger partial charge in [-0.05, 0) is 19.1 Å². The average Bonchev–Trinajstić information content (AvgIpc) is 2.94. The second kappa shape index (κ2) is 8.36. The summed E-state index contributed by atoms with van der Waals surface area (Å²) >= 11 is 1.34. The minimum atomic E-state index is -1.14. The second-order valence-electron chi connectivity index (χ2n) is 5.55. The number of carbonyl (C=O) groups is 1.